The van der Waals surface area contributed by atoms with Crippen LogP contribution in [-0.4, -0.2) is 33.8 Å². The Hall–Kier alpha value is -1.07. The van der Waals surface area contributed by atoms with Gasteiger partial charge < -0.3 is 14.7 Å². The van der Waals surface area contributed by atoms with Crippen LogP contribution >= 0.6 is 15.9 Å². The first kappa shape index (κ1) is 17.1. The summed E-state index contributed by atoms with van der Waals surface area (Å²) >= 11 is 3.46. The number of hydrogen-bond donors (Lipinski definition) is 1. The molecule has 1 aromatic rings. The summed E-state index contributed by atoms with van der Waals surface area (Å²) in [5.74, 6) is 1.31. The first-order chi connectivity index (χ1) is 12.4. The van der Waals surface area contributed by atoms with Gasteiger partial charge in [0.2, 0.25) is 0 Å². The number of hydrogen-bond acceptors (Lipinski definition) is 3. The van der Waals surface area contributed by atoms with E-state index in [0.29, 0.717) is 17.8 Å². The van der Waals surface area contributed by atoms with E-state index < -0.39 is 5.60 Å². The Morgan fingerprint density at radius 2 is 1.85 bits per heavy atom. The van der Waals surface area contributed by atoms with Gasteiger partial charge in [-0.25, -0.2) is 4.79 Å². The number of rotatable bonds is 2. The highest BCUT2D eigenvalue weighted by atomic mass is 79.9. The molecule has 6 rings (SSSR count). The van der Waals surface area contributed by atoms with Gasteiger partial charge in [0, 0.05) is 29.3 Å². The number of halogens is 1. The van der Waals surface area contributed by atoms with Crippen molar-refractivity contribution in [3.8, 4) is 0 Å². The minimum atomic E-state index is -0.490. The predicted molar refractivity (Wildman–Crippen MR) is 102 cm³/mol. The predicted octanol–water partition coefficient (Wildman–Crippen LogP) is 4.66. The number of carbonyl (C=O) groups is 1. The van der Waals surface area contributed by atoms with Crippen LogP contribution < -0.4 is 0 Å². The van der Waals surface area contributed by atoms with Crippen molar-refractivity contribution in [2.45, 2.75) is 62.7 Å². The molecule has 140 valence electrons. The second kappa shape index (κ2) is 5.71. The third kappa shape index (κ3) is 2.46. The lowest BCUT2D eigenvalue weighted by Gasteiger charge is -2.64. The molecule has 4 aliphatic carbocycles. The third-order valence-corrected chi connectivity index (χ3v) is 8.14. The molecule has 5 aliphatic rings. The molecule has 3 atom stereocenters. The van der Waals surface area contributed by atoms with E-state index in [0.717, 1.165) is 55.1 Å². The highest BCUT2D eigenvalue weighted by Crippen LogP contribution is 2.62. The van der Waals surface area contributed by atoms with E-state index in [2.05, 4.69) is 35.0 Å². The highest BCUT2D eigenvalue weighted by molar-refractivity contribution is 9.10. The van der Waals surface area contributed by atoms with Crippen molar-refractivity contribution >= 4 is 22.0 Å². The topological polar surface area (TPSA) is 49.8 Å². The van der Waals surface area contributed by atoms with E-state index in [4.69, 9.17) is 4.74 Å². The summed E-state index contributed by atoms with van der Waals surface area (Å²) in [5.41, 5.74) is 0.312. The minimum absolute atomic E-state index is 0.00830. The molecule has 1 aromatic carbocycles. The van der Waals surface area contributed by atoms with E-state index in [-0.39, 0.29) is 17.7 Å². The van der Waals surface area contributed by atoms with Crippen LogP contribution in [0.1, 0.15) is 57.1 Å². The number of carbonyl (C=O) groups excluding carboxylic acids is 1. The Kier molecular flexibility index (Phi) is 3.75. The third-order valence-electron chi connectivity index (χ3n) is 7.61. The fourth-order valence-corrected chi connectivity index (χ4v) is 6.79. The first-order valence-electron chi connectivity index (χ1n) is 9.86. The molecule has 5 fully saturated rings. The van der Waals surface area contributed by atoms with Crippen LogP contribution in [-0.2, 0) is 4.74 Å². The van der Waals surface area contributed by atoms with Crippen LogP contribution in [0, 0.1) is 17.8 Å². The highest BCUT2D eigenvalue weighted by Gasteiger charge is 2.64. The fourth-order valence-electron chi connectivity index (χ4n) is 6.52. The summed E-state index contributed by atoms with van der Waals surface area (Å²) in [6.07, 6.45) is 5.55. The standard InChI is InChI=1S/C21H26BrNO3/c1-13(15-2-4-18(22)5-3-15)23-7-6-21(26-19(23)24)16-8-14-9-17(21)12-20(25,10-14)11-16/h2-5,13-14,16-17,25H,6-12H2,1H3/t13-,14?,16?,17?,20-,21-/m0/s1. The van der Waals surface area contributed by atoms with Crippen LogP contribution in [0.3, 0.4) is 0 Å². The SMILES string of the molecule is C[C@@H](c1ccc(Br)cc1)N1CC[C@]2(OC1=O)C1CC3CC2C[C@](O)(C3)C1. The van der Waals surface area contributed by atoms with Gasteiger partial charge in [0.15, 0.2) is 0 Å². The Labute approximate surface area is 163 Å². The molecular formula is C21H26BrNO3. The molecule has 4 bridgehead atoms. The molecule has 1 heterocycles. The zero-order chi connectivity index (χ0) is 18.1. The Bertz CT molecular complexity index is 717. The summed E-state index contributed by atoms with van der Waals surface area (Å²) in [6.45, 7) is 2.81. The van der Waals surface area contributed by atoms with Gasteiger partial charge in [0.1, 0.15) is 5.60 Å². The zero-order valence-electron chi connectivity index (χ0n) is 15.2. The van der Waals surface area contributed by atoms with Gasteiger partial charge in [-0.2, -0.15) is 0 Å². The maximum absolute atomic E-state index is 13.0. The average molecular weight is 420 g/mol. The molecule has 26 heavy (non-hydrogen) atoms. The molecular weight excluding hydrogens is 394 g/mol. The number of benzene rings is 1. The van der Waals surface area contributed by atoms with E-state index >= 15 is 0 Å². The Morgan fingerprint density at radius 3 is 2.42 bits per heavy atom. The number of aliphatic hydroxyl groups is 1. The van der Waals surface area contributed by atoms with Gasteiger partial charge in [-0.1, -0.05) is 28.1 Å². The normalized spacial score (nSPS) is 42.2. The van der Waals surface area contributed by atoms with Gasteiger partial charge in [-0.15, -0.1) is 0 Å². The van der Waals surface area contributed by atoms with Crippen molar-refractivity contribution in [3.63, 3.8) is 0 Å². The Balaban J connectivity index is 1.36. The van der Waals surface area contributed by atoms with Gasteiger partial charge >= 0.3 is 6.09 Å². The molecule has 2 unspecified atom stereocenters. The van der Waals surface area contributed by atoms with Crippen molar-refractivity contribution < 1.29 is 14.6 Å². The summed E-state index contributed by atoms with van der Waals surface area (Å²) in [6, 6.07) is 8.16. The van der Waals surface area contributed by atoms with Crippen molar-refractivity contribution in [1.82, 2.24) is 4.90 Å². The maximum atomic E-state index is 13.0. The zero-order valence-corrected chi connectivity index (χ0v) is 16.7. The second-order valence-corrected chi connectivity index (χ2v) is 9.98. The minimum Gasteiger partial charge on any atom is -0.442 e. The summed E-state index contributed by atoms with van der Waals surface area (Å²) < 4.78 is 7.28. The van der Waals surface area contributed by atoms with Crippen LogP contribution in [0.15, 0.2) is 28.7 Å². The van der Waals surface area contributed by atoms with Crippen LogP contribution in [0.25, 0.3) is 0 Å². The molecule has 1 amide bonds. The van der Waals surface area contributed by atoms with Crippen molar-refractivity contribution in [3.05, 3.63) is 34.3 Å². The summed E-state index contributed by atoms with van der Waals surface area (Å²) in [5, 5.41) is 10.8. The Morgan fingerprint density at radius 1 is 1.19 bits per heavy atom. The largest absolute Gasteiger partial charge is 0.442 e. The molecule has 4 saturated carbocycles. The quantitative estimate of drug-likeness (QED) is 0.757. The first-order valence-corrected chi connectivity index (χ1v) is 10.7. The van der Waals surface area contributed by atoms with Crippen molar-refractivity contribution in [2.24, 2.45) is 17.8 Å². The van der Waals surface area contributed by atoms with Crippen molar-refractivity contribution in [1.29, 1.82) is 0 Å². The number of ether oxygens (including phenoxy) is 1. The molecule has 5 heteroatoms. The lowest BCUT2D eigenvalue weighted by Crippen LogP contribution is -2.67. The molecule has 1 aliphatic heterocycles. The molecule has 4 nitrogen and oxygen atoms in total. The second-order valence-electron chi connectivity index (χ2n) is 9.06. The monoisotopic (exact) mass is 419 g/mol. The lowest BCUT2D eigenvalue weighted by molar-refractivity contribution is -0.240. The fraction of sp³-hybridized carbons (Fsp3) is 0.667. The molecule has 0 aromatic heterocycles. The smallest absolute Gasteiger partial charge is 0.410 e. The maximum Gasteiger partial charge on any atom is 0.410 e. The van der Waals surface area contributed by atoms with E-state index in [9.17, 15) is 9.90 Å². The summed E-state index contributed by atoms with van der Waals surface area (Å²) in [4.78, 5) is 14.9. The van der Waals surface area contributed by atoms with Crippen molar-refractivity contribution in [2.75, 3.05) is 6.54 Å². The van der Waals surface area contributed by atoms with E-state index in [1.54, 1.807) is 0 Å². The van der Waals surface area contributed by atoms with Crippen LogP contribution in [0.5, 0.6) is 0 Å². The van der Waals surface area contributed by atoms with Gasteiger partial charge in [0.05, 0.1) is 11.6 Å². The van der Waals surface area contributed by atoms with Crippen LogP contribution in [0.2, 0.25) is 0 Å². The molecule has 1 saturated heterocycles. The van der Waals surface area contributed by atoms with E-state index in [1.165, 1.54) is 0 Å². The van der Waals surface area contributed by atoms with E-state index in [1.807, 2.05) is 17.0 Å². The molecule has 1 N–H and O–H groups in total. The van der Waals surface area contributed by atoms with Crippen LogP contribution in [0.4, 0.5) is 4.79 Å². The van der Waals surface area contributed by atoms with Gasteiger partial charge in [0.25, 0.3) is 0 Å². The number of amides is 1. The number of nitrogens with zero attached hydrogens (tertiary/aromatic N) is 1. The molecule has 0 radical (unpaired) electrons. The average Bonchev–Trinajstić information content (AvgIpc) is 2.59. The molecule has 1 spiro atoms. The van der Waals surface area contributed by atoms with Gasteiger partial charge in [-0.05, 0) is 62.6 Å². The lowest BCUT2D eigenvalue weighted by atomic mass is 9.47. The summed E-state index contributed by atoms with van der Waals surface area (Å²) in [7, 11) is 0. The van der Waals surface area contributed by atoms with Gasteiger partial charge in [-0.3, -0.25) is 0 Å².